The number of nitrogens with zero attached hydrogens (tertiary/aromatic N) is 5. The topological polar surface area (TPSA) is 107 Å². The summed E-state index contributed by atoms with van der Waals surface area (Å²) in [6, 6.07) is 15.4. The smallest absolute Gasteiger partial charge is 0.260 e. The lowest BCUT2D eigenvalue weighted by molar-refractivity contribution is -0.125. The number of nitrogens with two attached hydrogens (primary N) is 1. The fourth-order valence-electron chi connectivity index (χ4n) is 4.40. The van der Waals surface area contributed by atoms with E-state index in [0.29, 0.717) is 16.6 Å². The minimum atomic E-state index is -0.888. The number of benzene rings is 2. The second kappa shape index (κ2) is 9.99. The van der Waals surface area contributed by atoms with Crippen LogP contribution >= 0.6 is 11.8 Å². The quantitative estimate of drug-likeness (QED) is 0.527. The van der Waals surface area contributed by atoms with Gasteiger partial charge in [-0.25, -0.2) is 0 Å². The molecule has 2 aliphatic rings. The molecule has 0 bridgehead atoms. The number of ether oxygens (including phenoxy) is 1. The van der Waals surface area contributed by atoms with Gasteiger partial charge in [0.05, 0.1) is 23.7 Å². The van der Waals surface area contributed by atoms with Crippen LogP contribution in [0.5, 0.6) is 5.75 Å². The number of piperidine rings is 1. The number of aromatic nitrogens is 3. The Kier molecular flexibility index (Phi) is 6.63. The molecule has 1 atom stereocenters. The van der Waals surface area contributed by atoms with Crippen molar-refractivity contribution in [2.24, 2.45) is 5.73 Å². The second-order valence-electron chi connectivity index (χ2n) is 8.77. The lowest BCUT2D eigenvalue weighted by Crippen LogP contribution is -2.49. The number of rotatable bonds is 6. The third-order valence-corrected chi connectivity index (χ3v) is 7.18. The first-order valence-corrected chi connectivity index (χ1v) is 12.8. The van der Waals surface area contributed by atoms with Gasteiger partial charge in [-0.2, -0.15) is 0 Å². The normalized spacial score (nSPS) is 17.6. The highest BCUT2D eigenvalue weighted by Crippen LogP contribution is 2.34. The number of carbonyl (C=O) groups excluding carboxylic acids is 2. The Morgan fingerprint density at radius 1 is 1.06 bits per heavy atom. The van der Waals surface area contributed by atoms with Gasteiger partial charge in [0.2, 0.25) is 11.9 Å². The Labute approximate surface area is 208 Å². The van der Waals surface area contributed by atoms with Gasteiger partial charge in [0.1, 0.15) is 5.75 Å². The zero-order valence-corrected chi connectivity index (χ0v) is 20.4. The van der Waals surface area contributed by atoms with Crippen LogP contribution in [0.1, 0.15) is 24.8 Å². The van der Waals surface area contributed by atoms with E-state index in [-0.39, 0.29) is 18.2 Å². The Bertz CT molecular complexity index is 1220. The first kappa shape index (κ1) is 23.2. The Balaban J connectivity index is 1.40. The molecule has 182 valence electrons. The Hall–Kier alpha value is -3.53. The molecule has 3 aromatic rings. The molecule has 0 aliphatic carbocycles. The molecule has 0 spiro atoms. The summed E-state index contributed by atoms with van der Waals surface area (Å²) < 4.78 is 7.72. The molecule has 35 heavy (non-hydrogen) atoms. The highest BCUT2D eigenvalue weighted by molar-refractivity contribution is 7.99. The monoisotopic (exact) mass is 492 g/mol. The average Bonchev–Trinajstić information content (AvgIpc) is 3.31. The SMILES string of the molecule is Cc1ccc(-n2c(SCC(=O)N3CC(C(N)=O)Oc4ccccc43)nnc2N2CCCCC2)cc1. The maximum Gasteiger partial charge on any atom is 0.260 e. The van der Waals surface area contributed by atoms with Gasteiger partial charge >= 0.3 is 0 Å². The first-order chi connectivity index (χ1) is 17.0. The van der Waals surface area contributed by atoms with E-state index in [1.807, 2.05) is 22.8 Å². The number of thioether (sulfide) groups is 1. The van der Waals surface area contributed by atoms with Crippen molar-refractivity contribution in [1.29, 1.82) is 0 Å². The molecule has 9 nitrogen and oxygen atoms in total. The minimum Gasteiger partial charge on any atom is -0.477 e. The van der Waals surface area contributed by atoms with Crippen molar-refractivity contribution in [2.75, 3.05) is 35.2 Å². The summed E-state index contributed by atoms with van der Waals surface area (Å²) in [4.78, 5) is 29.0. The maximum absolute atomic E-state index is 13.3. The number of anilines is 2. The van der Waals surface area contributed by atoms with E-state index >= 15 is 0 Å². The predicted molar refractivity (Wildman–Crippen MR) is 135 cm³/mol. The molecule has 1 saturated heterocycles. The molecule has 0 saturated carbocycles. The number of hydrogen-bond donors (Lipinski definition) is 1. The second-order valence-corrected chi connectivity index (χ2v) is 9.71. The zero-order valence-electron chi connectivity index (χ0n) is 19.6. The van der Waals surface area contributed by atoms with E-state index in [1.165, 1.54) is 23.7 Å². The summed E-state index contributed by atoms with van der Waals surface area (Å²) in [6.45, 7) is 4.00. The van der Waals surface area contributed by atoms with Gasteiger partial charge in [0.25, 0.3) is 5.91 Å². The lowest BCUT2D eigenvalue weighted by Gasteiger charge is -2.33. The summed E-state index contributed by atoms with van der Waals surface area (Å²) in [7, 11) is 0. The van der Waals surface area contributed by atoms with Crippen LogP contribution in [0.4, 0.5) is 11.6 Å². The van der Waals surface area contributed by atoms with E-state index in [4.69, 9.17) is 10.5 Å². The molecule has 10 heteroatoms. The van der Waals surface area contributed by atoms with Crippen LogP contribution in [0.3, 0.4) is 0 Å². The maximum atomic E-state index is 13.3. The molecule has 5 rings (SSSR count). The van der Waals surface area contributed by atoms with Crippen LogP contribution in [-0.2, 0) is 9.59 Å². The molecule has 1 unspecified atom stereocenters. The lowest BCUT2D eigenvalue weighted by atomic mass is 10.1. The van der Waals surface area contributed by atoms with Gasteiger partial charge in [-0.3, -0.25) is 14.2 Å². The van der Waals surface area contributed by atoms with E-state index in [1.54, 1.807) is 23.1 Å². The van der Waals surface area contributed by atoms with E-state index in [2.05, 4.69) is 34.2 Å². The van der Waals surface area contributed by atoms with E-state index < -0.39 is 12.0 Å². The van der Waals surface area contributed by atoms with E-state index in [9.17, 15) is 9.59 Å². The third kappa shape index (κ3) is 4.84. The molecular formula is C25H28N6O3S. The van der Waals surface area contributed by atoms with Crippen molar-refractivity contribution >= 4 is 35.2 Å². The highest BCUT2D eigenvalue weighted by Gasteiger charge is 2.33. The first-order valence-electron chi connectivity index (χ1n) is 11.8. The van der Waals surface area contributed by atoms with Crippen molar-refractivity contribution in [3.63, 3.8) is 0 Å². The number of aryl methyl sites for hydroxylation is 1. The molecule has 1 fully saturated rings. The summed E-state index contributed by atoms with van der Waals surface area (Å²) in [5, 5.41) is 9.62. The predicted octanol–water partition coefficient (Wildman–Crippen LogP) is 2.94. The summed E-state index contributed by atoms with van der Waals surface area (Å²) in [5.41, 5.74) is 8.24. The summed E-state index contributed by atoms with van der Waals surface area (Å²) in [6.07, 6.45) is 2.58. The fraction of sp³-hybridized carbons (Fsp3) is 0.360. The number of primary amides is 1. The van der Waals surface area contributed by atoms with E-state index in [0.717, 1.165) is 37.6 Å². The largest absolute Gasteiger partial charge is 0.477 e. The number of carbonyl (C=O) groups is 2. The van der Waals surface area contributed by atoms with Crippen molar-refractivity contribution in [1.82, 2.24) is 14.8 Å². The minimum absolute atomic E-state index is 0.0788. The van der Waals surface area contributed by atoms with Gasteiger partial charge in [-0.1, -0.05) is 41.6 Å². The van der Waals surface area contributed by atoms with Crippen molar-refractivity contribution in [3.8, 4) is 11.4 Å². The molecule has 1 aromatic heterocycles. The van der Waals surface area contributed by atoms with Gasteiger partial charge < -0.3 is 20.3 Å². The van der Waals surface area contributed by atoms with Crippen LogP contribution in [0.15, 0.2) is 53.7 Å². The third-order valence-electron chi connectivity index (χ3n) is 6.26. The molecule has 2 amide bonds. The van der Waals surface area contributed by atoms with Crippen molar-refractivity contribution in [3.05, 3.63) is 54.1 Å². The number of hydrogen-bond acceptors (Lipinski definition) is 7. The standard InChI is InChI=1S/C25H28N6O3S/c1-17-9-11-18(12-10-17)31-24(29-13-5-2-6-14-29)27-28-25(31)35-16-22(32)30-15-21(23(26)33)34-20-8-4-3-7-19(20)30/h3-4,7-12,21H,2,5-6,13-16H2,1H3,(H2,26,33). The molecule has 2 aromatic carbocycles. The molecule has 2 aliphatic heterocycles. The molecular weight excluding hydrogens is 464 g/mol. The van der Waals surface area contributed by atoms with Gasteiger partial charge in [-0.05, 0) is 50.5 Å². The molecule has 2 N–H and O–H groups in total. The Morgan fingerprint density at radius 2 is 1.80 bits per heavy atom. The number of amides is 2. The molecule has 0 radical (unpaired) electrons. The highest BCUT2D eigenvalue weighted by atomic mass is 32.2. The molecule has 3 heterocycles. The van der Waals surface area contributed by atoms with Gasteiger partial charge in [0, 0.05) is 13.1 Å². The van der Waals surface area contributed by atoms with Crippen LogP contribution in [-0.4, -0.2) is 58.1 Å². The Morgan fingerprint density at radius 3 is 2.54 bits per heavy atom. The van der Waals surface area contributed by atoms with Crippen LogP contribution < -0.4 is 20.3 Å². The number of fused-ring (bicyclic) bond motifs is 1. The van der Waals surface area contributed by atoms with Crippen LogP contribution in [0, 0.1) is 6.92 Å². The van der Waals surface area contributed by atoms with Crippen molar-refractivity contribution < 1.29 is 14.3 Å². The zero-order chi connectivity index (χ0) is 24.4. The van der Waals surface area contributed by atoms with Crippen molar-refractivity contribution in [2.45, 2.75) is 37.4 Å². The van der Waals surface area contributed by atoms with Crippen LogP contribution in [0.25, 0.3) is 5.69 Å². The van der Waals surface area contributed by atoms with Gasteiger partial charge in [0.15, 0.2) is 11.3 Å². The average molecular weight is 493 g/mol. The fourth-order valence-corrected chi connectivity index (χ4v) is 5.22. The number of para-hydroxylation sites is 2. The van der Waals surface area contributed by atoms with Gasteiger partial charge in [-0.15, -0.1) is 10.2 Å². The summed E-state index contributed by atoms with van der Waals surface area (Å²) in [5.74, 6) is 0.638. The summed E-state index contributed by atoms with van der Waals surface area (Å²) >= 11 is 1.33. The van der Waals surface area contributed by atoms with Crippen LogP contribution in [0.2, 0.25) is 0 Å².